The summed E-state index contributed by atoms with van der Waals surface area (Å²) in [5.41, 5.74) is 0.824. The van der Waals surface area contributed by atoms with E-state index < -0.39 is 0 Å². The number of hydrogen-bond acceptors (Lipinski definition) is 6. The number of ether oxygens (including phenoxy) is 1. The SMILES string of the molecule is Cc1ccn2c(C(=O)NCCCOc3cccnc3)nnc2n1. The Hall–Kier alpha value is -3.03. The van der Waals surface area contributed by atoms with Gasteiger partial charge in [-0.15, -0.1) is 10.2 Å². The van der Waals surface area contributed by atoms with Crippen LogP contribution in [0.1, 0.15) is 22.7 Å². The largest absolute Gasteiger partial charge is 0.492 e. The van der Waals surface area contributed by atoms with Crippen molar-refractivity contribution in [3.05, 3.63) is 48.3 Å². The first-order valence-corrected chi connectivity index (χ1v) is 7.23. The molecule has 0 radical (unpaired) electrons. The lowest BCUT2D eigenvalue weighted by atomic mass is 10.4. The molecule has 3 rings (SSSR count). The topological polar surface area (TPSA) is 94.3 Å². The summed E-state index contributed by atoms with van der Waals surface area (Å²) in [4.78, 5) is 20.3. The van der Waals surface area contributed by atoms with Crippen molar-refractivity contribution in [3.8, 4) is 5.75 Å². The summed E-state index contributed by atoms with van der Waals surface area (Å²) >= 11 is 0. The van der Waals surface area contributed by atoms with Crippen LogP contribution in [0.15, 0.2) is 36.8 Å². The first kappa shape index (κ1) is 14.9. The van der Waals surface area contributed by atoms with Crippen molar-refractivity contribution >= 4 is 11.7 Å². The van der Waals surface area contributed by atoms with E-state index in [0.717, 1.165) is 5.69 Å². The minimum Gasteiger partial charge on any atom is -0.492 e. The van der Waals surface area contributed by atoms with Gasteiger partial charge in [0.1, 0.15) is 5.75 Å². The van der Waals surface area contributed by atoms with Crippen molar-refractivity contribution < 1.29 is 9.53 Å². The average Bonchev–Trinajstić information content (AvgIpc) is 2.98. The highest BCUT2D eigenvalue weighted by atomic mass is 16.5. The molecule has 3 aromatic rings. The van der Waals surface area contributed by atoms with Gasteiger partial charge in [-0.05, 0) is 31.5 Å². The van der Waals surface area contributed by atoms with Crippen molar-refractivity contribution in [3.63, 3.8) is 0 Å². The van der Waals surface area contributed by atoms with E-state index in [-0.39, 0.29) is 11.7 Å². The highest BCUT2D eigenvalue weighted by Crippen LogP contribution is 2.06. The van der Waals surface area contributed by atoms with Gasteiger partial charge in [-0.2, -0.15) is 0 Å². The Labute approximate surface area is 132 Å². The Morgan fingerprint density at radius 2 is 2.26 bits per heavy atom. The zero-order valence-corrected chi connectivity index (χ0v) is 12.6. The lowest BCUT2D eigenvalue weighted by Gasteiger charge is -2.06. The van der Waals surface area contributed by atoms with Gasteiger partial charge in [0.05, 0.1) is 12.8 Å². The van der Waals surface area contributed by atoms with Crippen LogP contribution in [0.5, 0.6) is 5.75 Å². The Morgan fingerprint density at radius 1 is 1.35 bits per heavy atom. The van der Waals surface area contributed by atoms with Crippen LogP contribution in [-0.4, -0.2) is 43.6 Å². The Bertz CT molecular complexity index is 802. The smallest absolute Gasteiger partial charge is 0.289 e. The van der Waals surface area contributed by atoms with E-state index in [1.54, 1.807) is 29.1 Å². The number of fused-ring (bicyclic) bond motifs is 1. The summed E-state index contributed by atoms with van der Waals surface area (Å²) < 4.78 is 7.07. The zero-order chi connectivity index (χ0) is 16.1. The fraction of sp³-hybridized carbons (Fsp3) is 0.267. The Kier molecular flexibility index (Phi) is 4.41. The van der Waals surface area contributed by atoms with Crippen LogP contribution in [0.25, 0.3) is 5.78 Å². The van der Waals surface area contributed by atoms with Gasteiger partial charge in [-0.25, -0.2) is 4.98 Å². The lowest BCUT2D eigenvalue weighted by Crippen LogP contribution is -2.27. The second kappa shape index (κ2) is 6.82. The molecule has 0 bridgehead atoms. The average molecular weight is 312 g/mol. The summed E-state index contributed by atoms with van der Waals surface area (Å²) in [6.45, 7) is 2.83. The first-order chi connectivity index (χ1) is 11.2. The number of amides is 1. The predicted molar refractivity (Wildman–Crippen MR) is 82.2 cm³/mol. The fourth-order valence-corrected chi connectivity index (χ4v) is 2.00. The molecule has 118 valence electrons. The van der Waals surface area contributed by atoms with E-state index >= 15 is 0 Å². The van der Waals surface area contributed by atoms with E-state index in [0.29, 0.717) is 31.1 Å². The second-order valence-electron chi connectivity index (χ2n) is 4.91. The molecular weight excluding hydrogens is 296 g/mol. The van der Waals surface area contributed by atoms with Crippen LogP contribution in [0, 0.1) is 6.92 Å². The Morgan fingerprint density at radius 3 is 3.09 bits per heavy atom. The number of aryl methyl sites for hydroxylation is 1. The maximum Gasteiger partial charge on any atom is 0.289 e. The predicted octanol–water partition coefficient (Wildman–Crippen LogP) is 1.03. The molecule has 1 amide bonds. The van der Waals surface area contributed by atoms with E-state index in [1.165, 1.54) is 0 Å². The highest BCUT2D eigenvalue weighted by Gasteiger charge is 2.14. The summed E-state index contributed by atoms with van der Waals surface area (Å²) in [5, 5.41) is 10.6. The number of nitrogens with one attached hydrogen (secondary N) is 1. The van der Waals surface area contributed by atoms with E-state index in [9.17, 15) is 4.79 Å². The van der Waals surface area contributed by atoms with Gasteiger partial charge >= 0.3 is 0 Å². The van der Waals surface area contributed by atoms with Gasteiger partial charge in [0.25, 0.3) is 11.7 Å². The molecule has 1 N–H and O–H groups in total. The van der Waals surface area contributed by atoms with Gasteiger partial charge in [-0.1, -0.05) is 0 Å². The number of carbonyl (C=O) groups excluding carboxylic acids is 1. The number of carbonyl (C=O) groups is 1. The zero-order valence-electron chi connectivity index (χ0n) is 12.6. The molecule has 0 fully saturated rings. The molecule has 0 aliphatic carbocycles. The molecule has 23 heavy (non-hydrogen) atoms. The summed E-state index contributed by atoms with van der Waals surface area (Å²) in [7, 11) is 0. The van der Waals surface area contributed by atoms with Gasteiger partial charge in [0.2, 0.25) is 5.82 Å². The molecule has 0 saturated carbocycles. The third-order valence-electron chi connectivity index (χ3n) is 3.13. The third kappa shape index (κ3) is 3.60. The highest BCUT2D eigenvalue weighted by molar-refractivity contribution is 5.91. The molecule has 0 aliphatic rings. The van der Waals surface area contributed by atoms with Crippen LogP contribution in [0.3, 0.4) is 0 Å². The van der Waals surface area contributed by atoms with Crippen molar-refractivity contribution in [1.82, 2.24) is 29.9 Å². The molecule has 0 saturated heterocycles. The minimum absolute atomic E-state index is 0.223. The molecule has 0 spiro atoms. The standard InChI is InChI=1S/C15H16N6O2/c1-11-5-8-21-13(19-20-15(21)18-11)14(22)17-7-3-9-23-12-4-2-6-16-10-12/h2,4-6,8,10H,3,7,9H2,1H3,(H,17,22). The molecule has 8 nitrogen and oxygen atoms in total. The molecular formula is C15H16N6O2. The number of pyridine rings is 1. The van der Waals surface area contributed by atoms with Gasteiger partial charge in [0.15, 0.2) is 0 Å². The quantitative estimate of drug-likeness (QED) is 0.683. The van der Waals surface area contributed by atoms with Crippen molar-refractivity contribution in [1.29, 1.82) is 0 Å². The van der Waals surface area contributed by atoms with Gasteiger partial charge in [-0.3, -0.25) is 14.2 Å². The molecule has 0 aliphatic heterocycles. The summed E-state index contributed by atoms with van der Waals surface area (Å²) in [6, 6.07) is 5.45. The van der Waals surface area contributed by atoms with Crippen molar-refractivity contribution in [2.75, 3.05) is 13.2 Å². The second-order valence-corrected chi connectivity index (χ2v) is 4.91. The number of rotatable bonds is 6. The Balaban J connectivity index is 1.49. The van der Waals surface area contributed by atoms with Gasteiger partial charge in [0, 0.05) is 24.6 Å². The summed E-state index contributed by atoms with van der Waals surface area (Å²) in [6.07, 6.45) is 5.75. The molecule has 0 aromatic carbocycles. The van der Waals surface area contributed by atoms with Gasteiger partial charge < -0.3 is 10.1 Å². The first-order valence-electron chi connectivity index (χ1n) is 7.23. The van der Waals surface area contributed by atoms with Crippen LogP contribution < -0.4 is 10.1 Å². The van der Waals surface area contributed by atoms with Crippen molar-refractivity contribution in [2.45, 2.75) is 13.3 Å². The minimum atomic E-state index is -0.287. The van der Waals surface area contributed by atoms with Crippen molar-refractivity contribution in [2.24, 2.45) is 0 Å². The monoisotopic (exact) mass is 312 g/mol. The number of nitrogens with zero attached hydrogens (tertiary/aromatic N) is 5. The van der Waals surface area contributed by atoms with E-state index in [1.807, 2.05) is 19.1 Å². The van der Waals surface area contributed by atoms with E-state index in [4.69, 9.17) is 4.74 Å². The third-order valence-corrected chi connectivity index (χ3v) is 3.13. The molecule has 8 heteroatoms. The molecule has 3 aromatic heterocycles. The number of hydrogen-bond donors (Lipinski definition) is 1. The lowest BCUT2D eigenvalue weighted by molar-refractivity contribution is 0.0940. The maximum absolute atomic E-state index is 12.1. The maximum atomic E-state index is 12.1. The van der Waals surface area contributed by atoms with Crippen LogP contribution in [0.4, 0.5) is 0 Å². The summed E-state index contributed by atoms with van der Waals surface area (Å²) in [5.74, 6) is 1.06. The molecule has 0 atom stereocenters. The molecule has 0 unspecified atom stereocenters. The van der Waals surface area contributed by atoms with Crippen LogP contribution in [0.2, 0.25) is 0 Å². The normalized spacial score (nSPS) is 10.7. The van der Waals surface area contributed by atoms with Crippen LogP contribution in [-0.2, 0) is 0 Å². The van der Waals surface area contributed by atoms with Crippen LogP contribution >= 0.6 is 0 Å². The molecule has 3 heterocycles. The number of aromatic nitrogens is 5. The fourth-order valence-electron chi connectivity index (χ4n) is 2.00. The van der Waals surface area contributed by atoms with E-state index in [2.05, 4.69) is 25.5 Å².